The Hall–Kier alpha value is -1.13. The van der Waals surface area contributed by atoms with E-state index in [9.17, 15) is 0 Å². The van der Waals surface area contributed by atoms with Crippen LogP contribution in [0, 0.1) is 0 Å². The molecular weight excluding hydrogens is 248 g/mol. The van der Waals surface area contributed by atoms with E-state index in [1.54, 1.807) is 0 Å². The Morgan fingerprint density at radius 1 is 1.50 bits per heavy atom. The molecule has 112 valence electrons. The maximum absolute atomic E-state index is 4.55. The van der Waals surface area contributed by atoms with Gasteiger partial charge in [-0.3, -0.25) is 0 Å². The summed E-state index contributed by atoms with van der Waals surface area (Å²) < 4.78 is 0. The molecule has 1 atom stereocenters. The number of hydrogen-bond acceptors (Lipinski definition) is 4. The average molecular weight is 276 g/mol. The number of rotatable bonds is 6. The first kappa shape index (κ1) is 15.3. The third-order valence-corrected chi connectivity index (χ3v) is 4.07. The molecule has 2 rings (SSSR count). The van der Waals surface area contributed by atoms with Gasteiger partial charge in [0.05, 0.1) is 0 Å². The molecular formula is C16H28N4. The predicted molar refractivity (Wildman–Crippen MR) is 85.2 cm³/mol. The van der Waals surface area contributed by atoms with Crippen LogP contribution in [-0.4, -0.2) is 49.7 Å². The minimum Gasteiger partial charge on any atom is -0.355 e. The lowest BCUT2D eigenvalue weighted by Crippen LogP contribution is -2.45. The highest BCUT2D eigenvalue weighted by Gasteiger charge is 2.21. The molecule has 0 spiro atoms. The van der Waals surface area contributed by atoms with E-state index >= 15 is 0 Å². The normalized spacial score (nSPS) is 20.1. The van der Waals surface area contributed by atoms with Gasteiger partial charge in [-0.1, -0.05) is 6.92 Å². The lowest BCUT2D eigenvalue weighted by Gasteiger charge is -2.36. The van der Waals surface area contributed by atoms with Crippen molar-refractivity contribution in [2.45, 2.75) is 38.8 Å². The van der Waals surface area contributed by atoms with Crippen LogP contribution in [0.1, 0.15) is 31.7 Å². The van der Waals surface area contributed by atoms with E-state index in [1.165, 1.54) is 31.4 Å². The van der Waals surface area contributed by atoms with Crippen LogP contribution in [0.15, 0.2) is 18.3 Å². The molecule has 1 aliphatic rings. The summed E-state index contributed by atoms with van der Waals surface area (Å²) in [4.78, 5) is 9.31. The Morgan fingerprint density at radius 3 is 3.10 bits per heavy atom. The monoisotopic (exact) mass is 276 g/mol. The molecule has 0 radical (unpaired) electrons. The summed E-state index contributed by atoms with van der Waals surface area (Å²) in [7, 11) is 4.38. The fourth-order valence-corrected chi connectivity index (χ4v) is 2.82. The summed E-state index contributed by atoms with van der Waals surface area (Å²) in [5, 5.41) is 3.45. The number of anilines is 1. The maximum atomic E-state index is 4.55. The van der Waals surface area contributed by atoms with Crippen molar-refractivity contribution in [1.82, 2.24) is 15.2 Å². The topological polar surface area (TPSA) is 31.4 Å². The zero-order chi connectivity index (χ0) is 14.4. The van der Waals surface area contributed by atoms with Gasteiger partial charge in [0, 0.05) is 32.4 Å². The van der Waals surface area contributed by atoms with E-state index in [-0.39, 0.29) is 0 Å². The zero-order valence-electron chi connectivity index (χ0n) is 13.1. The summed E-state index contributed by atoms with van der Waals surface area (Å²) in [6, 6.07) is 4.91. The number of hydrogen-bond donors (Lipinski definition) is 1. The number of nitrogens with one attached hydrogen (secondary N) is 1. The first-order chi connectivity index (χ1) is 9.70. The molecule has 4 nitrogen and oxygen atoms in total. The quantitative estimate of drug-likeness (QED) is 0.806. The van der Waals surface area contributed by atoms with E-state index in [0.29, 0.717) is 6.04 Å². The Kier molecular flexibility index (Phi) is 5.80. The third-order valence-electron chi connectivity index (χ3n) is 4.07. The van der Waals surface area contributed by atoms with Crippen molar-refractivity contribution in [3.8, 4) is 0 Å². The molecule has 1 aromatic rings. The van der Waals surface area contributed by atoms with Gasteiger partial charge >= 0.3 is 0 Å². The molecule has 1 saturated heterocycles. The van der Waals surface area contributed by atoms with Crippen molar-refractivity contribution in [1.29, 1.82) is 0 Å². The second-order valence-corrected chi connectivity index (χ2v) is 5.87. The Labute approximate surface area is 123 Å². The molecule has 1 aromatic heterocycles. The van der Waals surface area contributed by atoms with Crippen LogP contribution in [0.2, 0.25) is 0 Å². The lowest BCUT2D eigenvalue weighted by atomic mass is 10.0. The van der Waals surface area contributed by atoms with Crippen LogP contribution in [0.4, 0.5) is 5.82 Å². The van der Waals surface area contributed by atoms with Crippen LogP contribution >= 0.6 is 0 Å². The highest BCUT2D eigenvalue weighted by Crippen LogP contribution is 2.19. The average Bonchev–Trinajstić information content (AvgIpc) is 2.47. The fourth-order valence-electron chi connectivity index (χ4n) is 2.82. The fraction of sp³-hybridized carbons (Fsp3) is 0.688. The van der Waals surface area contributed by atoms with E-state index in [1.807, 2.05) is 6.20 Å². The highest BCUT2D eigenvalue weighted by atomic mass is 15.2. The molecule has 1 aliphatic heterocycles. The zero-order valence-corrected chi connectivity index (χ0v) is 13.1. The van der Waals surface area contributed by atoms with Crippen molar-refractivity contribution in [3.63, 3.8) is 0 Å². The smallest absolute Gasteiger partial charge is 0.128 e. The molecule has 1 fully saturated rings. The molecule has 2 heterocycles. The van der Waals surface area contributed by atoms with Crippen molar-refractivity contribution in [3.05, 3.63) is 23.9 Å². The summed E-state index contributed by atoms with van der Waals surface area (Å²) in [5.74, 6) is 1.10. The number of aromatic nitrogens is 1. The Morgan fingerprint density at radius 2 is 2.35 bits per heavy atom. The van der Waals surface area contributed by atoms with E-state index in [2.05, 4.69) is 53.3 Å². The number of likely N-dealkylation sites (tertiary alicyclic amines) is 1. The molecule has 1 N–H and O–H groups in total. The first-order valence-corrected chi connectivity index (χ1v) is 7.77. The first-order valence-electron chi connectivity index (χ1n) is 7.77. The van der Waals surface area contributed by atoms with Gasteiger partial charge in [0.1, 0.15) is 5.82 Å². The largest absolute Gasteiger partial charge is 0.355 e. The van der Waals surface area contributed by atoms with Crippen molar-refractivity contribution in [2.75, 3.05) is 38.6 Å². The lowest BCUT2D eigenvalue weighted by molar-refractivity contribution is 0.247. The van der Waals surface area contributed by atoms with Gasteiger partial charge in [0.2, 0.25) is 0 Å². The standard InChI is InChI=1S/C16H28N4/c1-4-8-17-12-14-7-9-18-16(11-14)20(3)15-6-5-10-19(2)13-15/h7,9,11,15,17H,4-6,8,10,12-13H2,1-3H3. The highest BCUT2D eigenvalue weighted by molar-refractivity contribution is 5.41. The molecule has 0 aliphatic carbocycles. The molecule has 4 heteroatoms. The molecule has 0 amide bonds. The number of likely N-dealkylation sites (N-methyl/N-ethyl adjacent to an activating group) is 2. The maximum Gasteiger partial charge on any atom is 0.128 e. The van der Waals surface area contributed by atoms with Gasteiger partial charge in [-0.05, 0) is 57.1 Å². The van der Waals surface area contributed by atoms with E-state index in [4.69, 9.17) is 0 Å². The number of piperidine rings is 1. The summed E-state index contributed by atoms with van der Waals surface area (Å²) in [5.41, 5.74) is 1.32. The third kappa shape index (κ3) is 4.18. The SMILES string of the molecule is CCCNCc1ccnc(N(C)C2CCCN(C)C2)c1. The molecule has 1 unspecified atom stereocenters. The predicted octanol–water partition coefficient (Wildman–Crippen LogP) is 2.11. The number of nitrogens with zero attached hydrogens (tertiary/aromatic N) is 3. The van der Waals surface area contributed by atoms with E-state index in [0.717, 1.165) is 25.5 Å². The summed E-state index contributed by atoms with van der Waals surface area (Å²) >= 11 is 0. The summed E-state index contributed by atoms with van der Waals surface area (Å²) in [6.45, 7) is 6.55. The van der Waals surface area contributed by atoms with E-state index < -0.39 is 0 Å². The molecule has 0 saturated carbocycles. The van der Waals surface area contributed by atoms with Gasteiger partial charge < -0.3 is 15.1 Å². The molecule has 0 aromatic carbocycles. The second kappa shape index (κ2) is 7.60. The van der Waals surface area contributed by atoms with Crippen molar-refractivity contribution in [2.24, 2.45) is 0 Å². The van der Waals surface area contributed by atoms with Gasteiger partial charge in [0.25, 0.3) is 0 Å². The van der Waals surface area contributed by atoms with Gasteiger partial charge in [-0.25, -0.2) is 4.98 Å². The van der Waals surface area contributed by atoms with Crippen LogP contribution in [0.3, 0.4) is 0 Å². The van der Waals surface area contributed by atoms with Crippen molar-refractivity contribution < 1.29 is 0 Å². The minimum atomic E-state index is 0.583. The second-order valence-electron chi connectivity index (χ2n) is 5.87. The van der Waals surface area contributed by atoms with Crippen molar-refractivity contribution >= 4 is 5.82 Å². The van der Waals surface area contributed by atoms with Gasteiger partial charge in [-0.15, -0.1) is 0 Å². The van der Waals surface area contributed by atoms with Crippen LogP contribution in [0.25, 0.3) is 0 Å². The molecule has 0 bridgehead atoms. The van der Waals surface area contributed by atoms with Crippen LogP contribution in [-0.2, 0) is 6.54 Å². The summed E-state index contributed by atoms with van der Waals surface area (Å²) in [6.07, 6.45) is 5.65. The molecule has 20 heavy (non-hydrogen) atoms. The van der Waals surface area contributed by atoms with Crippen LogP contribution < -0.4 is 10.2 Å². The Bertz CT molecular complexity index is 407. The van der Waals surface area contributed by atoms with Gasteiger partial charge in [0.15, 0.2) is 0 Å². The van der Waals surface area contributed by atoms with Gasteiger partial charge in [-0.2, -0.15) is 0 Å². The number of pyridine rings is 1. The van der Waals surface area contributed by atoms with Crippen LogP contribution in [0.5, 0.6) is 0 Å². The Balaban J connectivity index is 1.98. The minimum absolute atomic E-state index is 0.583.